The average Bonchev–Trinajstić information content (AvgIpc) is 2.90. The Balaban J connectivity index is 1.75. The number of hydrogen-bond donors (Lipinski definition) is 1. The van der Waals surface area contributed by atoms with Gasteiger partial charge in [0.05, 0.1) is 11.8 Å². The second-order valence-electron chi connectivity index (χ2n) is 8.05. The molecule has 1 aliphatic carbocycles. The Bertz CT molecular complexity index is 725. The summed E-state index contributed by atoms with van der Waals surface area (Å²) in [5, 5.41) is 2.92. The first-order valence-corrected chi connectivity index (χ1v) is 9.73. The fourth-order valence-corrected chi connectivity index (χ4v) is 3.92. The fourth-order valence-electron chi connectivity index (χ4n) is 3.92. The van der Waals surface area contributed by atoms with Crippen LogP contribution in [0.2, 0.25) is 0 Å². The summed E-state index contributed by atoms with van der Waals surface area (Å²) in [4.78, 5) is 39.9. The first-order valence-electron chi connectivity index (χ1n) is 9.73. The van der Waals surface area contributed by atoms with Crippen molar-refractivity contribution in [3.8, 4) is 0 Å². The van der Waals surface area contributed by atoms with Gasteiger partial charge >= 0.3 is 0 Å². The maximum atomic E-state index is 12.9. The van der Waals surface area contributed by atoms with Gasteiger partial charge in [-0.05, 0) is 37.7 Å². The number of fused-ring (bicyclic) bond motifs is 1. The van der Waals surface area contributed by atoms with E-state index in [-0.39, 0.29) is 35.5 Å². The van der Waals surface area contributed by atoms with Crippen LogP contribution in [0.15, 0.2) is 36.4 Å². The number of allylic oxidation sites excluding steroid dienone is 2. The fraction of sp³-hybridized carbons (Fsp3) is 0.500. The quantitative estimate of drug-likeness (QED) is 0.620. The van der Waals surface area contributed by atoms with Crippen molar-refractivity contribution >= 4 is 17.7 Å². The summed E-state index contributed by atoms with van der Waals surface area (Å²) in [6, 6.07) is 7.20. The van der Waals surface area contributed by atoms with Gasteiger partial charge in [0.1, 0.15) is 6.04 Å². The largest absolute Gasteiger partial charge is 0.350 e. The zero-order valence-corrected chi connectivity index (χ0v) is 16.3. The lowest BCUT2D eigenvalue weighted by Gasteiger charge is -2.27. The van der Waals surface area contributed by atoms with Crippen molar-refractivity contribution in [3.05, 3.63) is 47.5 Å². The predicted octanol–water partition coefficient (Wildman–Crippen LogP) is 2.98. The highest BCUT2D eigenvalue weighted by Crippen LogP contribution is 2.37. The summed E-state index contributed by atoms with van der Waals surface area (Å²) in [6.07, 6.45) is 5.58. The maximum absolute atomic E-state index is 12.9. The highest BCUT2D eigenvalue weighted by atomic mass is 16.2. The third-order valence-electron chi connectivity index (χ3n) is 5.44. The van der Waals surface area contributed by atoms with E-state index in [0.29, 0.717) is 25.8 Å². The molecule has 0 radical (unpaired) electrons. The van der Waals surface area contributed by atoms with E-state index in [2.05, 4.69) is 5.32 Å². The Hall–Kier alpha value is -2.43. The van der Waals surface area contributed by atoms with Crippen LogP contribution in [0, 0.1) is 24.7 Å². The van der Waals surface area contributed by atoms with E-state index in [1.54, 1.807) is 0 Å². The van der Waals surface area contributed by atoms with E-state index in [0.717, 1.165) is 11.1 Å². The third-order valence-corrected chi connectivity index (χ3v) is 5.44. The van der Waals surface area contributed by atoms with E-state index >= 15 is 0 Å². The topological polar surface area (TPSA) is 66.5 Å². The van der Waals surface area contributed by atoms with Gasteiger partial charge in [0.25, 0.3) is 0 Å². The van der Waals surface area contributed by atoms with E-state index in [4.69, 9.17) is 0 Å². The van der Waals surface area contributed by atoms with Crippen molar-refractivity contribution in [2.75, 3.05) is 0 Å². The van der Waals surface area contributed by atoms with Crippen LogP contribution in [0.4, 0.5) is 0 Å². The molecule has 0 saturated carbocycles. The molecule has 1 heterocycles. The summed E-state index contributed by atoms with van der Waals surface area (Å²) in [6.45, 7) is 6.40. The lowest BCUT2D eigenvalue weighted by atomic mass is 9.85. The molecule has 2 aliphatic rings. The molecule has 3 atom stereocenters. The number of rotatable bonds is 6. The molecule has 1 N–H and O–H groups in total. The minimum atomic E-state index is -0.735. The molecule has 0 spiro atoms. The number of nitrogens with one attached hydrogen (secondary N) is 1. The highest BCUT2D eigenvalue weighted by Gasteiger charge is 2.51. The van der Waals surface area contributed by atoms with Crippen molar-refractivity contribution in [1.82, 2.24) is 10.2 Å². The number of amides is 3. The van der Waals surface area contributed by atoms with E-state index in [1.165, 1.54) is 4.90 Å². The first-order chi connectivity index (χ1) is 12.9. The summed E-state index contributed by atoms with van der Waals surface area (Å²) >= 11 is 0. The Labute approximate surface area is 160 Å². The van der Waals surface area contributed by atoms with Gasteiger partial charge < -0.3 is 5.32 Å². The van der Waals surface area contributed by atoms with Crippen LogP contribution in [0.1, 0.15) is 44.2 Å². The van der Waals surface area contributed by atoms with Gasteiger partial charge in [-0.2, -0.15) is 0 Å². The van der Waals surface area contributed by atoms with E-state index in [1.807, 2.05) is 57.2 Å². The Morgan fingerprint density at radius 1 is 1.07 bits per heavy atom. The molecular weight excluding hydrogens is 340 g/mol. The van der Waals surface area contributed by atoms with Gasteiger partial charge in [-0.1, -0.05) is 55.8 Å². The molecule has 3 amide bonds. The number of hydrogen-bond acceptors (Lipinski definition) is 3. The van der Waals surface area contributed by atoms with Crippen molar-refractivity contribution in [2.45, 2.75) is 52.6 Å². The van der Waals surface area contributed by atoms with Crippen LogP contribution in [0.25, 0.3) is 0 Å². The number of carbonyl (C=O) groups excluding carboxylic acids is 3. The van der Waals surface area contributed by atoms with Crippen molar-refractivity contribution in [2.24, 2.45) is 17.8 Å². The normalized spacial score (nSPS) is 22.9. The van der Waals surface area contributed by atoms with Crippen molar-refractivity contribution < 1.29 is 14.4 Å². The number of imide groups is 1. The molecule has 1 fully saturated rings. The summed E-state index contributed by atoms with van der Waals surface area (Å²) in [7, 11) is 0. The van der Waals surface area contributed by atoms with Crippen LogP contribution in [-0.2, 0) is 20.9 Å². The second-order valence-corrected chi connectivity index (χ2v) is 8.05. The molecule has 5 nitrogen and oxygen atoms in total. The smallest absolute Gasteiger partial charge is 0.243 e. The zero-order valence-electron chi connectivity index (χ0n) is 16.3. The van der Waals surface area contributed by atoms with Crippen molar-refractivity contribution in [3.63, 3.8) is 0 Å². The van der Waals surface area contributed by atoms with Gasteiger partial charge in [0, 0.05) is 6.54 Å². The molecule has 1 saturated heterocycles. The van der Waals surface area contributed by atoms with Crippen LogP contribution >= 0.6 is 0 Å². The lowest BCUT2D eigenvalue weighted by molar-refractivity contribution is -0.148. The maximum Gasteiger partial charge on any atom is 0.243 e. The molecule has 0 aromatic heterocycles. The molecular formula is C22H28N2O3. The molecule has 0 unspecified atom stereocenters. The molecule has 1 aliphatic heterocycles. The first kappa shape index (κ1) is 19.3. The van der Waals surface area contributed by atoms with Crippen molar-refractivity contribution in [1.29, 1.82) is 0 Å². The highest BCUT2D eigenvalue weighted by molar-refractivity contribution is 6.08. The second kappa shape index (κ2) is 8.07. The molecule has 27 heavy (non-hydrogen) atoms. The predicted molar refractivity (Wildman–Crippen MR) is 103 cm³/mol. The van der Waals surface area contributed by atoms with Gasteiger partial charge in [0.2, 0.25) is 17.7 Å². The third kappa shape index (κ3) is 4.12. The lowest BCUT2D eigenvalue weighted by Crippen LogP contribution is -2.50. The molecule has 1 aromatic rings. The number of aryl methyl sites for hydroxylation is 1. The standard InChI is InChI=1S/C22H28N2O3/c1-14(2)12-19(20(25)23-13-16-10-8-15(3)9-11-16)24-21(26)17-6-4-5-7-18(17)22(24)27/h4-5,8-11,14,17-19H,6-7,12-13H2,1-3H3,(H,23,25)/t17-,18-,19+/m0/s1. The van der Waals surface area contributed by atoms with Crippen LogP contribution in [0.3, 0.4) is 0 Å². The van der Waals surface area contributed by atoms with Crippen LogP contribution in [0.5, 0.6) is 0 Å². The van der Waals surface area contributed by atoms with Gasteiger partial charge in [0.15, 0.2) is 0 Å². The minimum absolute atomic E-state index is 0.189. The number of nitrogens with zero attached hydrogens (tertiary/aromatic N) is 1. The summed E-state index contributed by atoms with van der Waals surface area (Å²) < 4.78 is 0. The van der Waals surface area contributed by atoms with Gasteiger partial charge in [-0.25, -0.2) is 0 Å². The number of benzene rings is 1. The Morgan fingerprint density at radius 2 is 1.63 bits per heavy atom. The van der Waals surface area contributed by atoms with E-state index in [9.17, 15) is 14.4 Å². The molecule has 144 valence electrons. The average molecular weight is 368 g/mol. The summed E-state index contributed by atoms with van der Waals surface area (Å²) in [5.74, 6) is -1.04. The van der Waals surface area contributed by atoms with Crippen LogP contribution < -0.4 is 5.32 Å². The monoisotopic (exact) mass is 368 g/mol. The zero-order chi connectivity index (χ0) is 19.6. The molecule has 3 rings (SSSR count). The van der Waals surface area contributed by atoms with Gasteiger partial charge in [-0.15, -0.1) is 0 Å². The molecule has 1 aromatic carbocycles. The van der Waals surface area contributed by atoms with Crippen LogP contribution in [-0.4, -0.2) is 28.7 Å². The SMILES string of the molecule is Cc1ccc(CNC(=O)[C@@H](CC(C)C)N2C(=O)[C@H]3CC=CC[C@@H]3C2=O)cc1. The Kier molecular flexibility index (Phi) is 5.78. The Morgan fingerprint density at radius 3 is 2.15 bits per heavy atom. The van der Waals surface area contributed by atoms with E-state index < -0.39 is 6.04 Å². The minimum Gasteiger partial charge on any atom is -0.350 e. The molecule has 0 bridgehead atoms. The number of carbonyl (C=O) groups is 3. The molecule has 5 heteroatoms. The number of likely N-dealkylation sites (tertiary alicyclic amines) is 1. The summed E-state index contributed by atoms with van der Waals surface area (Å²) in [5.41, 5.74) is 2.15. The van der Waals surface area contributed by atoms with Gasteiger partial charge in [-0.3, -0.25) is 19.3 Å².